The molecule has 0 amide bonds. The first-order valence-electron chi connectivity index (χ1n) is 3.25. The van der Waals surface area contributed by atoms with Gasteiger partial charge in [0.1, 0.15) is 0 Å². The van der Waals surface area contributed by atoms with E-state index in [9.17, 15) is 0 Å². The highest BCUT2D eigenvalue weighted by Gasteiger charge is 1.85. The Hall–Kier alpha value is -0.670. The molecule has 0 atom stereocenters. The number of hydrogen-bond donors (Lipinski definition) is 4. The van der Waals surface area contributed by atoms with Gasteiger partial charge < -0.3 is 5.43 Å². The molecule has 5 N–H and O–H groups in total. The van der Waals surface area contributed by atoms with Gasteiger partial charge in [0.15, 0.2) is 0 Å². The second-order valence-electron chi connectivity index (χ2n) is 2.10. The van der Waals surface area contributed by atoms with Gasteiger partial charge in [-0.1, -0.05) is 15.9 Å². The van der Waals surface area contributed by atoms with Crippen molar-refractivity contribution in [1.82, 2.24) is 0 Å². The highest BCUT2D eigenvalue weighted by molar-refractivity contribution is 9.10. The van der Waals surface area contributed by atoms with Gasteiger partial charge in [0.05, 0.1) is 0 Å². The quantitative estimate of drug-likeness (QED) is 0.349. The minimum atomic E-state index is -4.67. The second kappa shape index (κ2) is 5.94. The Morgan fingerprint density at radius 1 is 1.21 bits per heavy atom. The first-order chi connectivity index (χ1) is 6.33. The Balaban J connectivity index is 0.000000292. The van der Waals surface area contributed by atoms with Crippen LogP contribution in [0.1, 0.15) is 0 Å². The minimum Gasteiger partial charge on any atom is -0.324 e. The standard InChI is InChI=1S/C6H7BrN2.H2O4S/c7-5-1-3-6(9-8)4-2-5;1-5(2,3)4/h1-4,9H,8H2;(H2,1,2,3,4). The number of nitrogens with two attached hydrogens (primary N) is 1. The molecular weight excluding hydrogens is 276 g/mol. The van der Waals surface area contributed by atoms with Crippen molar-refractivity contribution in [2.75, 3.05) is 5.43 Å². The molecule has 6 nitrogen and oxygen atoms in total. The fraction of sp³-hybridized carbons (Fsp3) is 0. The Labute approximate surface area is 89.8 Å². The van der Waals surface area contributed by atoms with Crippen molar-refractivity contribution in [2.45, 2.75) is 0 Å². The van der Waals surface area contributed by atoms with E-state index in [0.29, 0.717) is 0 Å². The topological polar surface area (TPSA) is 113 Å². The van der Waals surface area contributed by atoms with Crippen molar-refractivity contribution >= 4 is 32.0 Å². The smallest absolute Gasteiger partial charge is 0.324 e. The highest BCUT2D eigenvalue weighted by atomic mass is 79.9. The number of halogens is 1. The number of rotatable bonds is 1. The largest absolute Gasteiger partial charge is 0.394 e. The lowest BCUT2D eigenvalue weighted by Gasteiger charge is -1.96. The molecule has 0 saturated heterocycles. The summed E-state index contributed by atoms with van der Waals surface area (Å²) < 4.78 is 32.6. The fourth-order valence-corrected chi connectivity index (χ4v) is 0.810. The molecule has 0 aliphatic heterocycles. The Kier molecular flexibility index (Phi) is 5.65. The van der Waals surface area contributed by atoms with Crippen LogP contribution in [0.25, 0.3) is 0 Å². The van der Waals surface area contributed by atoms with Gasteiger partial charge in [0.25, 0.3) is 0 Å². The monoisotopic (exact) mass is 284 g/mol. The van der Waals surface area contributed by atoms with Crippen LogP contribution in [0.5, 0.6) is 0 Å². The lowest BCUT2D eigenvalue weighted by molar-refractivity contribution is 0.381. The van der Waals surface area contributed by atoms with Gasteiger partial charge in [-0.2, -0.15) is 8.42 Å². The second-order valence-corrected chi connectivity index (χ2v) is 3.91. The zero-order valence-corrected chi connectivity index (χ0v) is 9.29. The van der Waals surface area contributed by atoms with Crippen LogP contribution in [0.15, 0.2) is 28.7 Å². The van der Waals surface area contributed by atoms with E-state index in [1.54, 1.807) is 0 Å². The number of anilines is 1. The molecule has 0 unspecified atom stereocenters. The van der Waals surface area contributed by atoms with Crippen molar-refractivity contribution in [3.63, 3.8) is 0 Å². The molecule has 0 aliphatic rings. The van der Waals surface area contributed by atoms with Gasteiger partial charge in [-0.3, -0.25) is 14.9 Å². The molecule has 8 heteroatoms. The summed E-state index contributed by atoms with van der Waals surface area (Å²) >= 11 is 3.31. The van der Waals surface area contributed by atoms with Crippen molar-refractivity contribution < 1.29 is 17.5 Å². The zero-order chi connectivity index (χ0) is 11.2. The van der Waals surface area contributed by atoms with Gasteiger partial charge in [-0.05, 0) is 24.3 Å². The minimum absolute atomic E-state index is 0.915. The lowest BCUT2D eigenvalue weighted by atomic mass is 10.3. The van der Waals surface area contributed by atoms with E-state index in [1.165, 1.54) is 0 Å². The van der Waals surface area contributed by atoms with Crippen molar-refractivity contribution in [3.8, 4) is 0 Å². The summed E-state index contributed by atoms with van der Waals surface area (Å²) in [5.41, 5.74) is 3.45. The predicted octanol–water partition coefficient (Wildman–Crippen LogP) is 1.08. The molecule has 0 bridgehead atoms. The number of nitrogen functional groups attached to an aromatic ring is 1. The van der Waals surface area contributed by atoms with Crippen molar-refractivity contribution in [3.05, 3.63) is 28.7 Å². The molecule has 0 fully saturated rings. The maximum absolute atomic E-state index is 8.74. The van der Waals surface area contributed by atoms with E-state index in [-0.39, 0.29) is 0 Å². The summed E-state index contributed by atoms with van der Waals surface area (Å²) in [6.07, 6.45) is 0. The summed E-state index contributed by atoms with van der Waals surface area (Å²) in [6.45, 7) is 0. The SMILES string of the molecule is NNc1ccc(Br)cc1.O=S(=O)(O)O. The number of hydrogen-bond acceptors (Lipinski definition) is 4. The summed E-state index contributed by atoms with van der Waals surface area (Å²) in [5.74, 6) is 5.13. The highest BCUT2D eigenvalue weighted by Crippen LogP contribution is 2.12. The van der Waals surface area contributed by atoms with E-state index < -0.39 is 10.4 Å². The van der Waals surface area contributed by atoms with Crippen molar-refractivity contribution in [2.24, 2.45) is 5.84 Å². The van der Waals surface area contributed by atoms with Gasteiger partial charge in [-0.15, -0.1) is 0 Å². The van der Waals surface area contributed by atoms with Gasteiger partial charge in [0, 0.05) is 10.2 Å². The normalized spacial score (nSPS) is 10.0. The van der Waals surface area contributed by atoms with E-state index in [0.717, 1.165) is 10.2 Å². The van der Waals surface area contributed by atoms with Crippen LogP contribution in [0.4, 0.5) is 5.69 Å². The van der Waals surface area contributed by atoms with Crippen LogP contribution in [0.2, 0.25) is 0 Å². The summed E-state index contributed by atoms with van der Waals surface area (Å²) in [4.78, 5) is 0. The first-order valence-corrected chi connectivity index (χ1v) is 5.44. The number of hydrazine groups is 1. The van der Waals surface area contributed by atoms with Gasteiger partial charge >= 0.3 is 10.4 Å². The van der Waals surface area contributed by atoms with Crippen LogP contribution in [0, 0.1) is 0 Å². The predicted molar refractivity (Wildman–Crippen MR) is 56.1 cm³/mol. The fourth-order valence-electron chi connectivity index (χ4n) is 0.546. The third-order valence-corrected chi connectivity index (χ3v) is 1.54. The average Bonchev–Trinajstić information content (AvgIpc) is 2.03. The molecule has 80 valence electrons. The maximum atomic E-state index is 8.74. The molecule has 1 aromatic carbocycles. The maximum Gasteiger partial charge on any atom is 0.394 e. The Morgan fingerprint density at radius 3 is 1.86 bits per heavy atom. The van der Waals surface area contributed by atoms with Crippen LogP contribution in [0.3, 0.4) is 0 Å². The molecule has 0 aromatic heterocycles. The van der Waals surface area contributed by atoms with Crippen LogP contribution in [-0.4, -0.2) is 17.5 Å². The van der Waals surface area contributed by atoms with E-state index in [1.807, 2.05) is 24.3 Å². The molecule has 0 aliphatic carbocycles. The molecule has 0 heterocycles. The lowest BCUT2D eigenvalue weighted by Crippen LogP contribution is -2.05. The van der Waals surface area contributed by atoms with Gasteiger partial charge in [-0.25, -0.2) is 0 Å². The van der Waals surface area contributed by atoms with Crippen molar-refractivity contribution in [1.29, 1.82) is 0 Å². The number of benzene rings is 1. The molecule has 1 aromatic rings. The first kappa shape index (κ1) is 13.3. The van der Waals surface area contributed by atoms with Crippen LogP contribution >= 0.6 is 15.9 Å². The van der Waals surface area contributed by atoms with Crippen LogP contribution in [-0.2, 0) is 10.4 Å². The Bertz CT molecular complexity index is 356. The molecule has 0 saturated carbocycles. The van der Waals surface area contributed by atoms with E-state index in [4.69, 9.17) is 23.4 Å². The average molecular weight is 285 g/mol. The summed E-state index contributed by atoms with van der Waals surface area (Å²) in [6, 6.07) is 7.64. The number of nitrogens with one attached hydrogen (secondary N) is 1. The summed E-state index contributed by atoms with van der Waals surface area (Å²) in [5, 5.41) is 0. The Morgan fingerprint density at radius 2 is 1.57 bits per heavy atom. The molecular formula is C6H9BrN2O4S. The molecule has 0 spiro atoms. The third kappa shape index (κ3) is 9.42. The third-order valence-electron chi connectivity index (χ3n) is 1.01. The van der Waals surface area contributed by atoms with Crippen LogP contribution < -0.4 is 11.3 Å². The molecule has 1 rings (SSSR count). The summed E-state index contributed by atoms with van der Waals surface area (Å²) in [7, 11) is -4.67. The molecule has 14 heavy (non-hydrogen) atoms. The zero-order valence-electron chi connectivity index (χ0n) is 6.88. The van der Waals surface area contributed by atoms with E-state index in [2.05, 4.69) is 21.4 Å². The van der Waals surface area contributed by atoms with E-state index >= 15 is 0 Å². The molecule has 0 radical (unpaired) electrons. The van der Waals surface area contributed by atoms with Gasteiger partial charge in [0.2, 0.25) is 0 Å².